The normalized spacial score (nSPS) is 10.4. The van der Waals surface area contributed by atoms with Gasteiger partial charge in [0.2, 0.25) is 0 Å². The van der Waals surface area contributed by atoms with Crippen LogP contribution in [0.25, 0.3) is 0 Å². The number of halogens is 3. The summed E-state index contributed by atoms with van der Waals surface area (Å²) < 4.78 is 1.57. The Morgan fingerprint density at radius 2 is 1.83 bits per heavy atom. The summed E-state index contributed by atoms with van der Waals surface area (Å²) in [6.45, 7) is 0.664. The minimum Gasteiger partial charge on any atom is -0.507 e. The fraction of sp³-hybridized carbons (Fsp3) is 0.0769. The van der Waals surface area contributed by atoms with Crippen LogP contribution >= 0.6 is 43.5 Å². The van der Waals surface area contributed by atoms with Gasteiger partial charge in [-0.25, -0.2) is 0 Å². The number of anilines is 1. The van der Waals surface area contributed by atoms with E-state index in [1.165, 1.54) is 0 Å². The van der Waals surface area contributed by atoms with E-state index in [-0.39, 0.29) is 5.75 Å². The van der Waals surface area contributed by atoms with E-state index in [9.17, 15) is 5.11 Å². The lowest BCUT2D eigenvalue weighted by Crippen LogP contribution is -1.99. The fourth-order valence-corrected chi connectivity index (χ4v) is 2.32. The van der Waals surface area contributed by atoms with Crippen LogP contribution in [0.5, 0.6) is 5.75 Å². The summed E-state index contributed by atoms with van der Waals surface area (Å²) in [6.07, 6.45) is 0. The summed E-state index contributed by atoms with van der Waals surface area (Å²) in [5.41, 5.74) is 2.02. The lowest BCUT2D eigenvalue weighted by Gasteiger charge is -2.08. The maximum absolute atomic E-state index is 9.41. The van der Waals surface area contributed by atoms with Crippen molar-refractivity contribution in [3.63, 3.8) is 0 Å². The second kappa shape index (κ2) is 5.95. The van der Waals surface area contributed by atoms with Crippen molar-refractivity contribution in [2.45, 2.75) is 6.54 Å². The van der Waals surface area contributed by atoms with Crippen molar-refractivity contribution in [2.75, 3.05) is 5.32 Å². The molecule has 2 nitrogen and oxygen atoms in total. The Hall–Kier alpha value is -0.710. The summed E-state index contributed by atoms with van der Waals surface area (Å²) in [5.74, 6) is 0.241. The number of nitrogens with one attached hydrogen (secondary N) is 1. The number of hydrogen-bond acceptors (Lipinski definition) is 2. The van der Waals surface area contributed by atoms with Crippen LogP contribution in [-0.2, 0) is 6.54 Å². The molecule has 0 radical (unpaired) electrons. The van der Waals surface area contributed by atoms with E-state index in [0.717, 1.165) is 15.7 Å². The Bertz CT molecular complexity index is 523. The maximum Gasteiger partial charge on any atom is 0.129 e. The van der Waals surface area contributed by atoms with Crippen molar-refractivity contribution in [3.8, 4) is 5.75 Å². The Balaban J connectivity index is 2.06. The Kier molecular flexibility index (Phi) is 4.54. The average Bonchev–Trinajstić information content (AvgIpc) is 2.35. The van der Waals surface area contributed by atoms with Gasteiger partial charge in [-0.1, -0.05) is 17.7 Å². The van der Waals surface area contributed by atoms with E-state index in [1.54, 1.807) is 6.07 Å². The maximum atomic E-state index is 9.41. The molecule has 94 valence electrons. The molecule has 0 amide bonds. The highest BCUT2D eigenvalue weighted by Crippen LogP contribution is 2.27. The number of hydrogen-bond donors (Lipinski definition) is 2. The van der Waals surface area contributed by atoms with Crippen LogP contribution in [0, 0.1) is 0 Å². The first kappa shape index (κ1) is 13.7. The molecule has 5 heteroatoms. The van der Waals surface area contributed by atoms with E-state index < -0.39 is 0 Å². The van der Waals surface area contributed by atoms with Crippen LogP contribution in [0.15, 0.2) is 45.3 Å². The monoisotopic (exact) mass is 389 g/mol. The third kappa shape index (κ3) is 3.40. The molecule has 0 aliphatic carbocycles. The number of benzene rings is 2. The van der Waals surface area contributed by atoms with Crippen LogP contribution < -0.4 is 5.32 Å². The van der Waals surface area contributed by atoms with Gasteiger partial charge >= 0.3 is 0 Å². The zero-order valence-corrected chi connectivity index (χ0v) is 13.2. The highest BCUT2D eigenvalue weighted by Gasteiger charge is 2.01. The predicted octanol–water partition coefficient (Wildman–Crippen LogP) is 5.18. The minimum absolute atomic E-state index is 0.241. The van der Waals surface area contributed by atoms with Gasteiger partial charge in [0.1, 0.15) is 5.75 Å². The van der Waals surface area contributed by atoms with Gasteiger partial charge in [-0.3, -0.25) is 0 Å². The van der Waals surface area contributed by atoms with Crippen LogP contribution in [0.2, 0.25) is 5.02 Å². The minimum atomic E-state index is 0.241. The summed E-state index contributed by atoms with van der Waals surface area (Å²) in [7, 11) is 0. The summed E-state index contributed by atoms with van der Waals surface area (Å²) >= 11 is 12.7. The lowest BCUT2D eigenvalue weighted by atomic mass is 10.2. The van der Waals surface area contributed by atoms with Crippen LogP contribution in [-0.4, -0.2) is 5.11 Å². The third-order valence-corrected chi connectivity index (χ3v) is 4.30. The van der Waals surface area contributed by atoms with Crippen molar-refractivity contribution in [3.05, 3.63) is 55.9 Å². The average molecular weight is 391 g/mol. The Morgan fingerprint density at radius 3 is 2.50 bits per heavy atom. The van der Waals surface area contributed by atoms with E-state index in [2.05, 4.69) is 37.2 Å². The largest absolute Gasteiger partial charge is 0.507 e. The SMILES string of the molecule is Oc1ccc(CNc2ccc(Br)c(Cl)c2)cc1Br. The predicted molar refractivity (Wildman–Crippen MR) is 82.3 cm³/mol. The molecular weight excluding hydrogens is 381 g/mol. The molecule has 0 heterocycles. The standard InChI is InChI=1S/C13H10Br2ClNO/c14-10-3-2-9(6-12(10)16)17-7-8-1-4-13(18)11(15)5-8/h1-6,17-18H,7H2. The van der Waals surface area contributed by atoms with Crippen molar-refractivity contribution < 1.29 is 5.11 Å². The first-order valence-corrected chi connectivity index (χ1v) is 7.19. The second-order valence-corrected chi connectivity index (χ2v) is 5.88. The van der Waals surface area contributed by atoms with Gasteiger partial charge in [0, 0.05) is 16.7 Å². The summed E-state index contributed by atoms with van der Waals surface area (Å²) in [4.78, 5) is 0. The first-order chi connectivity index (χ1) is 8.56. The molecule has 0 aromatic heterocycles. The van der Waals surface area contributed by atoms with Crippen molar-refractivity contribution >= 4 is 49.1 Å². The molecule has 0 fully saturated rings. The molecule has 0 saturated heterocycles. The zero-order chi connectivity index (χ0) is 13.1. The molecule has 2 N–H and O–H groups in total. The lowest BCUT2D eigenvalue weighted by molar-refractivity contribution is 0.471. The summed E-state index contributed by atoms with van der Waals surface area (Å²) in [5, 5.41) is 13.3. The number of aromatic hydroxyl groups is 1. The van der Waals surface area contributed by atoms with Gasteiger partial charge in [-0.2, -0.15) is 0 Å². The smallest absolute Gasteiger partial charge is 0.129 e. The van der Waals surface area contributed by atoms with Crippen LogP contribution in [0.4, 0.5) is 5.69 Å². The van der Waals surface area contributed by atoms with Crippen molar-refractivity contribution in [2.24, 2.45) is 0 Å². The van der Waals surface area contributed by atoms with Gasteiger partial charge in [-0.05, 0) is 67.8 Å². The quantitative estimate of drug-likeness (QED) is 0.755. The molecule has 0 bridgehead atoms. The molecule has 2 rings (SSSR count). The molecule has 0 unspecified atom stereocenters. The number of phenolic OH excluding ortho intramolecular Hbond substituents is 1. The first-order valence-electron chi connectivity index (χ1n) is 5.22. The molecule has 0 saturated carbocycles. The topological polar surface area (TPSA) is 32.3 Å². The van der Waals surface area contributed by atoms with Gasteiger partial charge in [0.25, 0.3) is 0 Å². The van der Waals surface area contributed by atoms with Crippen LogP contribution in [0.3, 0.4) is 0 Å². The molecule has 0 atom stereocenters. The van der Waals surface area contributed by atoms with E-state index in [1.807, 2.05) is 30.3 Å². The van der Waals surface area contributed by atoms with E-state index in [4.69, 9.17) is 11.6 Å². The van der Waals surface area contributed by atoms with Gasteiger partial charge in [0.15, 0.2) is 0 Å². The highest BCUT2D eigenvalue weighted by molar-refractivity contribution is 9.10. The van der Waals surface area contributed by atoms with Gasteiger partial charge in [0.05, 0.1) is 9.50 Å². The second-order valence-electron chi connectivity index (χ2n) is 3.77. The van der Waals surface area contributed by atoms with E-state index in [0.29, 0.717) is 16.0 Å². The molecule has 18 heavy (non-hydrogen) atoms. The third-order valence-electron chi connectivity index (χ3n) is 2.43. The van der Waals surface area contributed by atoms with Gasteiger partial charge < -0.3 is 10.4 Å². The summed E-state index contributed by atoms with van der Waals surface area (Å²) in [6, 6.07) is 11.1. The molecule has 2 aromatic rings. The van der Waals surface area contributed by atoms with Crippen molar-refractivity contribution in [1.82, 2.24) is 0 Å². The fourth-order valence-electron chi connectivity index (χ4n) is 1.47. The zero-order valence-electron chi connectivity index (χ0n) is 9.25. The Labute approximate surface area is 127 Å². The molecular formula is C13H10Br2ClNO. The molecule has 2 aromatic carbocycles. The van der Waals surface area contributed by atoms with Crippen LogP contribution in [0.1, 0.15) is 5.56 Å². The van der Waals surface area contributed by atoms with Gasteiger partial charge in [-0.15, -0.1) is 0 Å². The van der Waals surface area contributed by atoms with E-state index >= 15 is 0 Å². The van der Waals surface area contributed by atoms with Crippen molar-refractivity contribution in [1.29, 1.82) is 0 Å². The molecule has 0 spiro atoms. The number of phenols is 1. The highest BCUT2D eigenvalue weighted by atomic mass is 79.9. The Morgan fingerprint density at radius 1 is 1.06 bits per heavy atom. The molecule has 0 aliphatic heterocycles. The number of rotatable bonds is 3. The molecule has 0 aliphatic rings.